The number of rotatable bonds is 3. The molecule has 20 heavy (non-hydrogen) atoms. The molecule has 0 amide bonds. The van der Waals surface area contributed by atoms with Crippen LogP contribution >= 0.6 is 0 Å². The predicted molar refractivity (Wildman–Crippen MR) is 75.2 cm³/mol. The molecule has 0 aliphatic heterocycles. The highest BCUT2D eigenvalue weighted by Gasteiger charge is 2.10. The molecule has 2 N–H and O–H groups in total. The zero-order chi connectivity index (χ0) is 13.9. The van der Waals surface area contributed by atoms with E-state index < -0.39 is 0 Å². The molecular formula is C16H13FN2O. The highest BCUT2D eigenvalue weighted by molar-refractivity contribution is 5.63. The Morgan fingerprint density at radius 2 is 1.85 bits per heavy atom. The molecule has 0 aliphatic rings. The minimum absolute atomic E-state index is 0.156. The van der Waals surface area contributed by atoms with Crippen molar-refractivity contribution in [2.24, 2.45) is 5.73 Å². The second-order valence-corrected chi connectivity index (χ2v) is 4.41. The van der Waals surface area contributed by atoms with Crippen LogP contribution in [0.4, 0.5) is 4.39 Å². The number of nitrogens with two attached hydrogens (primary N) is 1. The van der Waals surface area contributed by atoms with E-state index in [0.29, 0.717) is 17.1 Å². The van der Waals surface area contributed by atoms with E-state index >= 15 is 0 Å². The van der Waals surface area contributed by atoms with Crippen molar-refractivity contribution < 1.29 is 8.81 Å². The van der Waals surface area contributed by atoms with Crippen LogP contribution in [0.15, 0.2) is 59.2 Å². The molecule has 0 atom stereocenters. The van der Waals surface area contributed by atoms with Crippen LogP contribution in [0.2, 0.25) is 0 Å². The van der Waals surface area contributed by atoms with Crippen molar-refractivity contribution >= 4 is 0 Å². The molecule has 0 radical (unpaired) electrons. The van der Waals surface area contributed by atoms with Crippen LogP contribution in [0.1, 0.15) is 5.56 Å². The molecule has 0 spiro atoms. The van der Waals surface area contributed by atoms with E-state index in [9.17, 15) is 4.39 Å². The molecule has 0 aliphatic carbocycles. The van der Waals surface area contributed by atoms with Crippen molar-refractivity contribution in [3.63, 3.8) is 0 Å². The summed E-state index contributed by atoms with van der Waals surface area (Å²) in [4.78, 5) is 4.43. The topological polar surface area (TPSA) is 52.0 Å². The standard InChI is InChI=1S/C16H13FN2O/c17-14-7-6-12(8-13(14)9-18)15-10-20-16(19-15)11-4-2-1-3-5-11/h1-8,10H,9,18H2. The monoisotopic (exact) mass is 268 g/mol. The molecule has 3 rings (SSSR count). The normalized spacial score (nSPS) is 10.7. The fourth-order valence-electron chi connectivity index (χ4n) is 2.01. The van der Waals surface area contributed by atoms with E-state index in [2.05, 4.69) is 4.98 Å². The fraction of sp³-hybridized carbons (Fsp3) is 0.0625. The minimum atomic E-state index is -0.303. The summed E-state index contributed by atoms with van der Waals surface area (Å²) in [5, 5.41) is 0. The van der Waals surface area contributed by atoms with Gasteiger partial charge in [-0.15, -0.1) is 0 Å². The second kappa shape index (κ2) is 5.27. The average molecular weight is 268 g/mol. The first-order valence-electron chi connectivity index (χ1n) is 6.28. The summed E-state index contributed by atoms with van der Waals surface area (Å²) in [5.41, 5.74) is 8.33. The van der Waals surface area contributed by atoms with E-state index in [1.807, 2.05) is 30.3 Å². The lowest BCUT2D eigenvalue weighted by Gasteiger charge is -2.01. The fourth-order valence-corrected chi connectivity index (χ4v) is 2.01. The molecule has 3 nitrogen and oxygen atoms in total. The summed E-state index contributed by atoms with van der Waals surface area (Å²) in [5.74, 6) is 0.238. The number of halogens is 1. The van der Waals surface area contributed by atoms with Crippen LogP contribution < -0.4 is 5.73 Å². The molecule has 4 heteroatoms. The Morgan fingerprint density at radius 1 is 1.05 bits per heavy atom. The van der Waals surface area contributed by atoms with E-state index in [4.69, 9.17) is 10.2 Å². The number of benzene rings is 2. The summed E-state index contributed by atoms with van der Waals surface area (Å²) in [7, 11) is 0. The Kier molecular flexibility index (Phi) is 3.31. The van der Waals surface area contributed by atoms with Gasteiger partial charge in [-0.2, -0.15) is 0 Å². The number of hydrogen-bond donors (Lipinski definition) is 1. The SMILES string of the molecule is NCc1cc(-c2coc(-c3ccccc3)n2)ccc1F. The van der Waals surface area contributed by atoms with Gasteiger partial charge in [-0.3, -0.25) is 0 Å². The molecule has 0 bridgehead atoms. The Labute approximate surface area is 115 Å². The van der Waals surface area contributed by atoms with Gasteiger partial charge in [0.25, 0.3) is 0 Å². The lowest BCUT2D eigenvalue weighted by Crippen LogP contribution is -1.99. The Morgan fingerprint density at radius 3 is 2.60 bits per heavy atom. The third-order valence-corrected chi connectivity index (χ3v) is 3.09. The third kappa shape index (κ3) is 2.33. The first-order valence-corrected chi connectivity index (χ1v) is 6.28. The molecular weight excluding hydrogens is 255 g/mol. The van der Waals surface area contributed by atoms with Crippen LogP contribution in [-0.2, 0) is 6.54 Å². The second-order valence-electron chi connectivity index (χ2n) is 4.41. The first kappa shape index (κ1) is 12.6. The van der Waals surface area contributed by atoms with Gasteiger partial charge in [-0.1, -0.05) is 18.2 Å². The van der Waals surface area contributed by atoms with Crippen molar-refractivity contribution in [1.29, 1.82) is 0 Å². The maximum atomic E-state index is 13.4. The van der Waals surface area contributed by atoms with Crippen LogP contribution in [0.25, 0.3) is 22.7 Å². The Bertz CT molecular complexity index is 722. The summed E-state index contributed by atoms with van der Waals surface area (Å²) >= 11 is 0. The molecule has 100 valence electrons. The smallest absolute Gasteiger partial charge is 0.226 e. The quantitative estimate of drug-likeness (QED) is 0.789. The van der Waals surface area contributed by atoms with Gasteiger partial charge < -0.3 is 10.2 Å². The number of aromatic nitrogens is 1. The predicted octanol–water partition coefficient (Wildman–Crippen LogP) is 3.61. The van der Waals surface area contributed by atoms with Crippen LogP contribution in [0.3, 0.4) is 0 Å². The molecule has 2 aromatic carbocycles. The summed E-state index contributed by atoms with van der Waals surface area (Å²) in [6, 6.07) is 14.4. The van der Waals surface area contributed by atoms with Gasteiger partial charge in [0.2, 0.25) is 5.89 Å². The summed E-state index contributed by atoms with van der Waals surface area (Å²) < 4.78 is 18.9. The zero-order valence-electron chi connectivity index (χ0n) is 10.7. The van der Waals surface area contributed by atoms with Crippen molar-refractivity contribution in [1.82, 2.24) is 4.98 Å². The van der Waals surface area contributed by atoms with E-state index in [-0.39, 0.29) is 12.4 Å². The largest absolute Gasteiger partial charge is 0.444 e. The van der Waals surface area contributed by atoms with Gasteiger partial charge in [0.15, 0.2) is 0 Å². The maximum Gasteiger partial charge on any atom is 0.226 e. The van der Waals surface area contributed by atoms with Gasteiger partial charge >= 0.3 is 0 Å². The first-order chi connectivity index (χ1) is 9.78. The van der Waals surface area contributed by atoms with Crippen molar-refractivity contribution in [3.8, 4) is 22.7 Å². The Hall–Kier alpha value is -2.46. The Balaban J connectivity index is 1.98. The average Bonchev–Trinajstić information content (AvgIpc) is 2.98. The molecule has 0 unspecified atom stereocenters. The van der Waals surface area contributed by atoms with E-state index in [1.165, 1.54) is 6.07 Å². The van der Waals surface area contributed by atoms with Crippen molar-refractivity contribution in [3.05, 3.63) is 66.2 Å². The highest BCUT2D eigenvalue weighted by atomic mass is 19.1. The number of oxazole rings is 1. The molecule has 1 heterocycles. The third-order valence-electron chi connectivity index (χ3n) is 3.09. The van der Waals surface area contributed by atoms with E-state index in [0.717, 1.165) is 11.1 Å². The molecule has 1 aromatic heterocycles. The zero-order valence-corrected chi connectivity index (χ0v) is 10.7. The molecule has 0 fully saturated rings. The van der Waals surface area contributed by atoms with Gasteiger partial charge in [0.05, 0.1) is 0 Å². The lowest BCUT2D eigenvalue weighted by atomic mass is 10.1. The van der Waals surface area contributed by atoms with Crippen LogP contribution in [0.5, 0.6) is 0 Å². The van der Waals surface area contributed by atoms with Crippen LogP contribution in [0, 0.1) is 5.82 Å². The van der Waals surface area contributed by atoms with Gasteiger partial charge in [-0.25, -0.2) is 9.37 Å². The summed E-state index contributed by atoms with van der Waals surface area (Å²) in [6.07, 6.45) is 1.57. The maximum absolute atomic E-state index is 13.4. The number of hydrogen-bond acceptors (Lipinski definition) is 3. The van der Waals surface area contributed by atoms with Gasteiger partial charge in [0.1, 0.15) is 17.8 Å². The van der Waals surface area contributed by atoms with Gasteiger partial charge in [-0.05, 0) is 30.3 Å². The van der Waals surface area contributed by atoms with Gasteiger partial charge in [0, 0.05) is 23.2 Å². The molecule has 0 saturated carbocycles. The lowest BCUT2D eigenvalue weighted by molar-refractivity contribution is 0.575. The summed E-state index contributed by atoms with van der Waals surface area (Å²) in [6.45, 7) is 0.156. The minimum Gasteiger partial charge on any atom is -0.444 e. The van der Waals surface area contributed by atoms with Crippen molar-refractivity contribution in [2.75, 3.05) is 0 Å². The number of nitrogens with zero attached hydrogens (tertiary/aromatic N) is 1. The van der Waals surface area contributed by atoms with Crippen LogP contribution in [-0.4, -0.2) is 4.98 Å². The molecule has 0 saturated heterocycles. The highest BCUT2D eigenvalue weighted by Crippen LogP contribution is 2.25. The molecule has 3 aromatic rings. The van der Waals surface area contributed by atoms with Crippen molar-refractivity contribution in [2.45, 2.75) is 6.54 Å². The van der Waals surface area contributed by atoms with E-state index in [1.54, 1.807) is 18.4 Å².